The Hall–Kier alpha value is -2.21. The normalized spacial score (nSPS) is 17.1. The first-order valence-electron chi connectivity index (χ1n) is 9.71. The van der Waals surface area contributed by atoms with Gasteiger partial charge in [-0.2, -0.15) is 0 Å². The summed E-state index contributed by atoms with van der Waals surface area (Å²) in [4.78, 5) is 21.9. The van der Waals surface area contributed by atoms with Gasteiger partial charge in [0.05, 0.1) is 5.69 Å². The van der Waals surface area contributed by atoms with Gasteiger partial charge in [0, 0.05) is 56.1 Å². The molecule has 5 nitrogen and oxygen atoms in total. The lowest BCUT2D eigenvalue weighted by Gasteiger charge is -2.38. The topological polar surface area (TPSA) is 40.9 Å². The van der Waals surface area contributed by atoms with Crippen molar-refractivity contribution in [3.63, 3.8) is 0 Å². The number of aromatic nitrogens is 2. The number of nitrogens with zero attached hydrogens (tertiary/aromatic N) is 4. The summed E-state index contributed by atoms with van der Waals surface area (Å²) >= 11 is 6.37. The zero-order valence-electron chi connectivity index (χ0n) is 16.3. The van der Waals surface area contributed by atoms with Crippen LogP contribution in [-0.4, -0.2) is 45.4 Å². The lowest BCUT2D eigenvalue weighted by Crippen LogP contribution is -2.46. The standard InChI is InChI=1S/C22H25ClN4O/c1-16-7-8-21-24-18(13-22(28)27(21)14-16)15-25-9-11-26(12-10-25)17(2)19-5-3-4-6-20(19)23/h3-8,13-14,17H,9-12,15H2,1-2H3. The summed E-state index contributed by atoms with van der Waals surface area (Å²) in [6, 6.07) is 13.9. The van der Waals surface area contributed by atoms with Crippen molar-refractivity contribution in [1.82, 2.24) is 19.2 Å². The fourth-order valence-corrected chi connectivity index (χ4v) is 4.18. The van der Waals surface area contributed by atoms with E-state index < -0.39 is 0 Å². The number of hydrogen-bond acceptors (Lipinski definition) is 4. The summed E-state index contributed by atoms with van der Waals surface area (Å²) in [6.45, 7) is 8.73. The van der Waals surface area contributed by atoms with Gasteiger partial charge in [0.2, 0.25) is 0 Å². The molecule has 1 aliphatic rings. The van der Waals surface area contributed by atoms with Crippen LogP contribution in [0.2, 0.25) is 5.02 Å². The van der Waals surface area contributed by atoms with E-state index in [0.717, 1.165) is 42.5 Å². The summed E-state index contributed by atoms with van der Waals surface area (Å²) in [5.74, 6) is 0. The zero-order chi connectivity index (χ0) is 19.7. The van der Waals surface area contributed by atoms with Crippen LogP contribution in [0.15, 0.2) is 53.5 Å². The quantitative estimate of drug-likeness (QED) is 0.676. The van der Waals surface area contributed by atoms with Crippen LogP contribution < -0.4 is 5.56 Å². The second-order valence-electron chi connectivity index (χ2n) is 7.53. The number of fused-ring (bicyclic) bond motifs is 1. The van der Waals surface area contributed by atoms with Crippen LogP contribution >= 0.6 is 11.6 Å². The van der Waals surface area contributed by atoms with Crippen LogP contribution in [0.4, 0.5) is 0 Å². The molecule has 1 atom stereocenters. The molecule has 0 aliphatic carbocycles. The zero-order valence-corrected chi connectivity index (χ0v) is 17.1. The van der Waals surface area contributed by atoms with Crippen molar-refractivity contribution in [2.75, 3.05) is 26.2 Å². The first-order valence-corrected chi connectivity index (χ1v) is 10.1. The van der Waals surface area contributed by atoms with Crippen LogP contribution in [0.1, 0.15) is 29.8 Å². The summed E-state index contributed by atoms with van der Waals surface area (Å²) < 4.78 is 1.61. The Morgan fingerprint density at radius 1 is 1.11 bits per heavy atom. The molecule has 0 bridgehead atoms. The Labute approximate surface area is 170 Å². The van der Waals surface area contributed by atoms with Crippen LogP contribution in [0.5, 0.6) is 0 Å². The SMILES string of the molecule is Cc1ccc2nc(CN3CCN(C(C)c4ccccc4Cl)CC3)cc(=O)n2c1. The molecule has 3 heterocycles. The minimum absolute atomic E-state index is 0.0188. The van der Waals surface area contributed by atoms with Crippen LogP contribution in [0, 0.1) is 6.92 Å². The van der Waals surface area contributed by atoms with E-state index in [1.54, 1.807) is 10.5 Å². The molecule has 146 valence electrons. The third-order valence-corrected chi connectivity index (χ3v) is 5.90. The molecule has 1 fully saturated rings. The van der Waals surface area contributed by atoms with Gasteiger partial charge in [-0.15, -0.1) is 0 Å². The number of benzene rings is 1. The number of rotatable bonds is 4. The van der Waals surface area contributed by atoms with Crippen molar-refractivity contribution in [3.8, 4) is 0 Å². The van der Waals surface area contributed by atoms with Gasteiger partial charge in [-0.25, -0.2) is 4.98 Å². The van der Waals surface area contributed by atoms with Crippen molar-refractivity contribution < 1.29 is 0 Å². The van der Waals surface area contributed by atoms with Crippen molar-refractivity contribution >= 4 is 17.2 Å². The molecule has 1 unspecified atom stereocenters. The highest BCUT2D eigenvalue weighted by Gasteiger charge is 2.23. The Kier molecular flexibility index (Phi) is 5.49. The molecule has 3 aromatic rings. The van der Waals surface area contributed by atoms with Gasteiger partial charge < -0.3 is 0 Å². The van der Waals surface area contributed by atoms with Gasteiger partial charge in [0.25, 0.3) is 5.56 Å². The van der Waals surface area contributed by atoms with E-state index in [9.17, 15) is 4.79 Å². The van der Waals surface area contributed by atoms with E-state index in [-0.39, 0.29) is 5.56 Å². The van der Waals surface area contributed by atoms with E-state index >= 15 is 0 Å². The second kappa shape index (κ2) is 8.03. The Morgan fingerprint density at radius 2 is 1.86 bits per heavy atom. The first-order chi connectivity index (χ1) is 13.5. The number of pyridine rings is 1. The molecule has 1 aromatic carbocycles. The lowest BCUT2D eigenvalue weighted by molar-refractivity contribution is 0.0971. The molecule has 1 aliphatic heterocycles. The lowest BCUT2D eigenvalue weighted by atomic mass is 10.1. The molecular weight excluding hydrogens is 372 g/mol. The molecule has 0 spiro atoms. The minimum atomic E-state index is -0.0188. The average Bonchev–Trinajstić information content (AvgIpc) is 2.69. The molecule has 2 aromatic heterocycles. The van der Waals surface area contributed by atoms with Gasteiger partial charge in [-0.05, 0) is 37.1 Å². The number of aryl methyl sites for hydroxylation is 1. The summed E-state index contributed by atoms with van der Waals surface area (Å²) in [6.07, 6.45) is 1.84. The highest BCUT2D eigenvalue weighted by atomic mass is 35.5. The number of halogens is 1. The van der Waals surface area contributed by atoms with Gasteiger partial charge in [-0.3, -0.25) is 19.0 Å². The monoisotopic (exact) mass is 396 g/mol. The summed E-state index contributed by atoms with van der Waals surface area (Å²) in [5.41, 5.74) is 3.75. The van der Waals surface area contributed by atoms with Crippen molar-refractivity contribution in [3.05, 3.63) is 80.9 Å². The minimum Gasteiger partial charge on any atom is -0.295 e. The Morgan fingerprint density at radius 3 is 2.61 bits per heavy atom. The largest absolute Gasteiger partial charge is 0.295 e. The van der Waals surface area contributed by atoms with Gasteiger partial charge in [0.15, 0.2) is 0 Å². The molecule has 0 radical (unpaired) electrons. The molecule has 6 heteroatoms. The maximum atomic E-state index is 12.4. The first kappa shape index (κ1) is 19.1. The molecule has 0 amide bonds. The molecule has 28 heavy (non-hydrogen) atoms. The maximum Gasteiger partial charge on any atom is 0.258 e. The van der Waals surface area contributed by atoms with Crippen molar-refractivity contribution in [2.45, 2.75) is 26.4 Å². The number of hydrogen-bond donors (Lipinski definition) is 0. The fraction of sp³-hybridized carbons (Fsp3) is 0.364. The third kappa shape index (κ3) is 3.97. The second-order valence-corrected chi connectivity index (χ2v) is 7.94. The van der Waals surface area contributed by atoms with E-state index in [4.69, 9.17) is 11.6 Å². The van der Waals surface area contributed by atoms with Crippen LogP contribution in [0.25, 0.3) is 5.65 Å². The van der Waals surface area contributed by atoms with Crippen molar-refractivity contribution in [2.24, 2.45) is 0 Å². The van der Waals surface area contributed by atoms with E-state index in [1.165, 1.54) is 5.56 Å². The average molecular weight is 397 g/mol. The molecular formula is C22H25ClN4O. The fourth-order valence-electron chi connectivity index (χ4n) is 3.89. The third-order valence-electron chi connectivity index (χ3n) is 5.56. The van der Waals surface area contributed by atoms with Gasteiger partial charge >= 0.3 is 0 Å². The van der Waals surface area contributed by atoms with Gasteiger partial charge in [0.1, 0.15) is 5.65 Å². The van der Waals surface area contributed by atoms with Gasteiger partial charge in [-0.1, -0.05) is 35.9 Å². The summed E-state index contributed by atoms with van der Waals surface area (Å²) in [5, 5.41) is 0.827. The predicted molar refractivity (Wildman–Crippen MR) is 113 cm³/mol. The molecule has 1 saturated heterocycles. The maximum absolute atomic E-state index is 12.4. The summed E-state index contributed by atoms with van der Waals surface area (Å²) in [7, 11) is 0. The number of piperazine rings is 1. The Bertz CT molecular complexity index is 1040. The van der Waals surface area contributed by atoms with E-state index in [2.05, 4.69) is 27.8 Å². The smallest absolute Gasteiger partial charge is 0.258 e. The highest BCUT2D eigenvalue weighted by molar-refractivity contribution is 6.31. The molecule has 0 N–H and O–H groups in total. The Balaban J connectivity index is 1.42. The molecule has 4 rings (SSSR count). The van der Waals surface area contributed by atoms with Crippen LogP contribution in [-0.2, 0) is 6.54 Å². The van der Waals surface area contributed by atoms with E-state index in [1.807, 2.05) is 43.5 Å². The highest BCUT2D eigenvalue weighted by Crippen LogP contribution is 2.27. The molecule has 0 saturated carbocycles. The van der Waals surface area contributed by atoms with E-state index in [0.29, 0.717) is 18.2 Å². The predicted octanol–water partition coefficient (Wildman–Crippen LogP) is 3.54. The van der Waals surface area contributed by atoms with Crippen LogP contribution in [0.3, 0.4) is 0 Å². The van der Waals surface area contributed by atoms with Crippen molar-refractivity contribution in [1.29, 1.82) is 0 Å².